The highest BCUT2D eigenvalue weighted by atomic mass is 16.5. The number of carbonyl (C=O) groups excluding carboxylic acids is 1. The van der Waals surface area contributed by atoms with Crippen molar-refractivity contribution in [3.05, 3.63) is 53.1 Å². The van der Waals surface area contributed by atoms with Crippen LogP contribution in [0, 0.1) is 13.8 Å². The molecule has 0 saturated carbocycles. The predicted molar refractivity (Wildman–Crippen MR) is 121 cm³/mol. The Kier molecular flexibility index (Phi) is 7.24. The number of pyridine rings is 1. The summed E-state index contributed by atoms with van der Waals surface area (Å²) in [5.41, 5.74) is 6.08. The Morgan fingerprint density at radius 2 is 1.80 bits per heavy atom. The fourth-order valence-corrected chi connectivity index (χ4v) is 4.03. The molecule has 0 N–H and O–H groups in total. The third-order valence-electron chi connectivity index (χ3n) is 5.47. The lowest BCUT2D eigenvalue weighted by molar-refractivity contribution is -0.145. The highest BCUT2D eigenvalue weighted by Gasteiger charge is 2.21. The Morgan fingerprint density at radius 3 is 2.43 bits per heavy atom. The zero-order chi connectivity index (χ0) is 21.7. The summed E-state index contributed by atoms with van der Waals surface area (Å²) in [4.78, 5) is 22.0. The van der Waals surface area contributed by atoms with E-state index in [2.05, 4.69) is 53.7 Å². The number of carbonyl (C=O) groups is 1. The van der Waals surface area contributed by atoms with Crippen LogP contribution in [-0.2, 0) is 16.0 Å². The molecule has 2 aromatic heterocycles. The predicted octanol–water partition coefficient (Wildman–Crippen LogP) is 5.83. The second-order valence-corrected chi connectivity index (χ2v) is 7.87. The number of benzene rings is 1. The van der Waals surface area contributed by atoms with Crippen molar-refractivity contribution >= 4 is 17.0 Å². The molecule has 1 unspecified atom stereocenters. The molecular weight excluding hydrogens is 374 g/mol. The van der Waals surface area contributed by atoms with Gasteiger partial charge in [-0.2, -0.15) is 0 Å². The maximum atomic E-state index is 12.4. The van der Waals surface area contributed by atoms with E-state index in [1.54, 1.807) is 0 Å². The number of fused-ring (bicyclic) bond motifs is 1. The van der Waals surface area contributed by atoms with Gasteiger partial charge in [-0.25, -0.2) is 4.98 Å². The number of esters is 1. The molecule has 0 aliphatic rings. The van der Waals surface area contributed by atoms with E-state index in [1.165, 1.54) is 0 Å². The van der Waals surface area contributed by atoms with Crippen LogP contribution in [-0.4, -0.2) is 27.1 Å². The molecule has 30 heavy (non-hydrogen) atoms. The molecule has 0 bridgehead atoms. The molecule has 0 radical (unpaired) electrons. The van der Waals surface area contributed by atoms with Gasteiger partial charge < -0.3 is 4.74 Å². The molecular formula is C25H33N3O2. The molecule has 0 fully saturated rings. The lowest BCUT2D eigenvalue weighted by Gasteiger charge is -2.16. The molecule has 3 rings (SSSR count). The molecule has 0 aliphatic carbocycles. The van der Waals surface area contributed by atoms with Crippen molar-refractivity contribution in [3.8, 4) is 5.69 Å². The van der Waals surface area contributed by atoms with Gasteiger partial charge in [-0.1, -0.05) is 38.8 Å². The number of rotatable bonds is 9. The Labute approximate surface area is 179 Å². The summed E-state index contributed by atoms with van der Waals surface area (Å²) in [5.74, 6) is 0.712. The third-order valence-corrected chi connectivity index (χ3v) is 5.47. The summed E-state index contributed by atoms with van der Waals surface area (Å²) in [6.07, 6.45) is 4.86. The molecule has 0 aliphatic heterocycles. The van der Waals surface area contributed by atoms with E-state index in [-0.39, 0.29) is 11.9 Å². The van der Waals surface area contributed by atoms with Crippen LogP contribution >= 0.6 is 0 Å². The first-order valence-corrected chi connectivity index (χ1v) is 11.1. The number of aryl methyl sites for hydroxylation is 3. The van der Waals surface area contributed by atoms with Gasteiger partial charge in [-0.3, -0.25) is 14.3 Å². The summed E-state index contributed by atoms with van der Waals surface area (Å²) in [7, 11) is 0. The fraction of sp³-hybridized carbons (Fsp3) is 0.480. The van der Waals surface area contributed by atoms with Crippen molar-refractivity contribution in [2.75, 3.05) is 6.61 Å². The zero-order valence-corrected chi connectivity index (χ0v) is 18.9. The number of hydrogen-bond donors (Lipinski definition) is 0. The largest absolute Gasteiger partial charge is 0.466 e. The summed E-state index contributed by atoms with van der Waals surface area (Å²) >= 11 is 0. The molecule has 3 aromatic rings. The van der Waals surface area contributed by atoms with Crippen molar-refractivity contribution in [1.82, 2.24) is 14.5 Å². The molecule has 0 saturated heterocycles. The van der Waals surface area contributed by atoms with Gasteiger partial charge in [0.25, 0.3) is 0 Å². The first kappa shape index (κ1) is 22.0. The van der Waals surface area contributed by atoms with Crippen LogP contribution in [0.4, 0.5) is 0 Å². The summed E-state index contributed by atoms with van der Waals surface area (Å²) in [6, 6.07) is 10.4. The van der Waals surface area contributed by atoms with Crippen LogP contribution in [0.3, 0.4) is 0 Å². The van der Waals surface area contributed by atoms with Crippen LogP contribution in [0.15, 0.2) is 30.3 Å². The van der Waals surface area contributed by atoms with Gasteiger partial charge in [0, 0.05) is 17.8 Å². The lowest BCUT2D eigenvalue weighted by Crippen LogP contribution is -2.16. The van der Waals surface area contributed by atoms with Gasteiger partial charge in [0.15, 0.2) is 0 Å². The number of hydrogen-bond acceptors (Lipinski definition) is 4. The number of imidazole rings is 1. The van der Waals surface area contributed by atoms with E-state index >= 15 is 0 Å². The summed E-state index contributed by atoms with van der Waals surface area (Å²) in [5, 5.41) is 0. The lowest BCUT2D eigenvalue weighted by atomic mass is 9.94. The SMILES string of the molecule is CCCCc1nc2c(C)nc(C)cc2n1-c1ccc(C(CCC)C(=O)OCC)cc1. The molecule has 5 nitrogen and oxygen atoms in total. The number of aromatic nitrogens is 3. The highest BCUT2D eigenvalue weighted by Crippen LogP contribution is 2.28. The van der Waals surface area contributed by atoms with Gasteiger partial charge in [0.2, 0.25) is 0 Å². The molecule has 5 heteroatoms. The van der Waals surface area contributed by atoms with E-state index in [0.717, 1.165) is 71.6 Å². The normalized spacial score (nSPS) is 12.3. The fourth-order valence-electron chi connectivity index (χ4n) is 4.03. The van der Waals surface area contributed by atoms with Crippen molar-refractivity contribution in [3.63, 3.8) is 0 Å². The van der Waals surface area contributed by atoms with Crippen LogP contribution in [0.1, 0.15) is 75.1 Å². The first-order valence-electron chi connectivity index (χ1n) is 11.1. The van der Waals surface area contributed by atoms with Crippen molar-refractivity contribution in [2.24, 2.45) is 0 Å². The summed E-state index contributed by atoms with van der Waals surface area (Å²) in [6.45, 7) is 10.6. The van der Waals surface area contributed by atoms with Crippen LogP contribution in [0.25, 0.3) is 16.7 Å². The van der Waals surface area contributed by atoms with Gasteiger partial charge >= 0.3 is 5.97 Å². The monoisotopic (exact) mass is 407 g/mol. The van der Waals surface area contributed by atoms with Crippen molar-refractivity contribution < 1.29 is 9.53 Å². The smallest absolute Gasteiger partial charge is 0.313 e. The van der Waals surface area contributed by atoms with E-state index in [9.17, 15) is 4.79 Å². The highest BCUT2D eigenvalue weighted by molar-refractivity contribution is 5.81. The van der Waals surface area contributed by atoms with E-state index in [4.69, 9.17) is 9.72 Å². The second-order valence-electron chi connectivity index (χ2n) is 7.87. The van der Waals surface area contributed by atoms with Crippen LogP contribution < -0.4 is 0 Å². The Hall–Kier alpha value is -2.69. The maximum Gasteiger partial charge on any atom is 0.313 e. The van der Waals surface area contributed by atoms with Gasteiger partial charge in [-0.05, 0) is 57.4 Å². The van der Waals surface area contributed by atoms with Gasteiger partial charge in [0.05, 0.1) is 23.7 Å². The minimum Gasteiger partial charge on any atom is -0.466 e. The quantitative estimate of drug-likeness (QED) is 0.419. The van der Waals surface area contributed by atoms with Crippen LogP contribution in [0.5, 0.6) is 0 Å². The third kappa shape index (κ3) is 4.55. The molecule has 1 aromatic carbocycles. The van der Waals surface area contributed by atoms with Gasteiger partial charge in [0.1, 0.15) is 11.3 Å². The van der Waals surface area contributed by atoms with E-state index in [1.807, 2.05) is 20.8 Å². The van der Waals surface area contributed by atoms with Crippen molar-refractivity contribution in [1.29, 1.82) is 0 Å². The minimum atomic E-state index is -0.211. The summed E-state index contributed by atoms with van der Waals surface area (Å²) < 4.78 is 7.55. The van der Waals surface area contributed by atoms with E-state index < -0.39 is 0 Å². The first-order chi connectivity index (χ1) is 14.5. The topological polar surface area (TPSA) is 57.0 Å². The second kappa shape index (κ2) is 9.88. The van der Waals surface area contributed by atoms with Crippen LogP contribution in [0.2, 0.25) is 0 Å². The molecule has 0 spiro atoms. The number of nitrogens with zero attached hydrogens (tertiary/aromatic N) is 3. The van der Waals surface area contributed by atoms with Crippen molar-refractivity contribution in [2.45, 2.75) is 72.6 Å². The zero-order valence-electron chi connectivity index (χ0n) is 18.9. The average molecular weight is 408 g/mol. The van der Waals surface area contributed by atoms with E-state index in [0.29, 0.717) is 6.61 Å². The number of unbranched alkanes of at least 4 members (excludes halogenated alkanes) is 1. The Bertz CT molecular complexity index is 1010. The molecule has 160 valence electrons. The molecule has 2 heterocycles. The average Bonchev–Trinajstić information content (AvgIpc) is 3.09. The molecule has 1 atom stereocenters. The Balaban J connectivity index is 2.05. The maximum absolute atomic E-state index is 12.4. The van der Waals surface area contributed by atoms with Gasteiger partial charge in [-0.15, -0.1) is 0 Å². The Morgan fingerprint density at radius 1 is 1.07 bits per heavy atom. The standard InChI is InChI=1S/C25H33N3O2/c1-6-9-11-23-27-24-18(5)26-17(4)16-22(24)28(23)20-14-12-19(13-15-20)21(10-7-2)25(29)30-8-3/h12-16,21H,6-11H2,1-5H3. The minimum absolute atomic E-state index is 0.138. The molecule has 0 amide bonds. The number of ether oxygens (including phenoxy) is 1.